The number of likely N-dealkylation sites (tertiary alicyclic amines) is 3. The van der Waals surface area contributed by atoms with Gasteiger partial charge in [0.2, 0.25) is 0 Å². The Labute approximate surface area is 627 Å². The third-order valence-corrected chi connectivity index (χ3v) is 23.9. The Kier molecular flexibility index (Phi) is 36.3. The van der Waals surface area contributed by atoms with Crippen molar-refractivity contribution in [3.05, 3.63) is 59.7 Å². The number of carboxylic acid groups (broad SMARTS) is 7. The number of sulfone groups is 1. The van der Waals surface area contributed by atoms with Crippen molar-refractivity contribution in [2.45, 2.75) is 214 Å². The predicted molar refractivity (Wildman–Crippen MR) is 411 cm³/mol. The lowest BCUT2D eigenvalue weighted by atomic mass is 9.83. The van der Waals surface area contributed by atoms with Gasteiger partial charge in [-0.05, 0) is 162 Å². The first-order valence-corrected chi connectivity index (χ1v) is 39.1. The van der Waals surface area contributed by atoms with Gasteiger partial charge in [-0.15, -0.1) is 0 Å². The average molecular weight is 1600 g/mol. The van der Waals surface area contributed by atoms with Crippen molar-refractivity contribution in [2.75, 3.05) is 71.5 Å². The minimum absolute atomic E-state index is 0.0549. The molecular formula is C67H113N10O22P5S. The first-order valence-electron chi connectivity index (χ1n) is 34.4. The van der Waals surface area contributed by atoms with Crippen molar-refractivity contribution in [1.82, 2.24) is 50.8 Å². The number of carbonyl (C=O) groups is 10. The van der Waals surface area contributed by atoms with E-state index in [0.29, 0.717) is 38.6 Å². The number of nitrogens with zero attached hydrogens (tertiary/aromatic N) is 3. The van der Waals surface area contributed by atoms with Crippen molar-refractivity contribution in [3.8, 4) is 11.1 Å². The highest BCUT2D eigenvalue weighted by Gasteiger charge is 2.48. The summed E-state index contributed by atoms with van der Waals surface area (Å²) in [6.07, 6.45) is 7.78. The van der Waals surface area contributed by atoms with Crippen molar-refractivity contribution in [1.29, 1.82) is 0 Å². The topological polar surface area (TPSA) is 468 Å². The number of piperidine rings is 2. The van der Waals surface area contributed by atoms with Crippen LogP contribution in [0.15, 0.2) is 48.5 Å². The number of hydrogen-bond acceptors (Lipinski definition) is 22. The number of nitrogens with one attached hydrogen (secondary N) is 7. The van der Waals surface area contributed by atoms with E-state index in [2.05, 4.69) is 87.9 Å². The molecule has 7 aliphatic rings. The van der Waals surface area contributed by atoms with Crippen molar-refractivity contribution in [2.24, 2.45) is 0 Å². The van der Waals surface area contributed by atoms with E-state index in [0.717, 1.165) is 80.4 Å². The van der Waals surface area contributed by atoms with Gasteiger partial charge in [-0.1, -0.05) is 128 Å². The fraction of sp³-hybridized carbons (Fsp3) is 0.672. The normalized spacial score (nSPS) is 20.9. The maximum atomic E-state index is 12.7. The summed E-state index contributed by atoms with van der Waals surface area (Å²) in [5.74, 6) is -6.42. The largest absolute Gasteiger partial charge is 0.480 e. The van der Waals surface area contributed by atoms with E-state index in [4.69, 9.17) is 44.8 Å². The van der Waals surface area contributed by atoms with Crippen molar-refractivity contribution >= 4 is 117 Å². The number of likely N-dealkylation sites (N-methyl/N-ethyl adjacent to an activating group) is 1. The van der Waals surface area contributed by atoms with E-state index >= 15 is 0 Å². The van der Waals surface area contributed by atoms with Gasteiger partial charge in [0.15, 0.2) is 0 Å². The Bertz CT molecular complexity index is 3330. The number of alkyl carbamates (subject to hydrolysis) is 2. The van der Waals surface area contributed by atoms with Crippen LogP contribution in [0.1, 0.15) is 175 Å². The third-order valence-electron chi connectivity index (χ3n) is 19.3. The van der Waals surface area contributed by atoms with Gasteiger partial charge in [-0.2, -0.15) is 0 Å². The van der Waals surface area contributed by atoms with Crippen molar-refractivity contribution in [3.63, 3.8) is 0 Å². The van der Waals surface area contributed by atoms with Gasteiger partial charge in [0, 0.05) is 45.2 Å². The lowest BCUT2D eigenvalue weighted by Crippen LogP contribution is -2.61. The first kappa shape index (κ1) is 93.6. The summed E-state index contributed by atoms with van der Waals surface area (Å²) in [6, 6.07) is 16.0. The lowest BCUT2D eigenvalue weighted by molar-refractivity contribution is -0.147. The molecule has 6 atom stereocenters. The zero-order valence-corrected chi connectivity index (χ0v) is 68.4. The number of carboxylic acids is 7. The maximum Gasteiger partial charge on any atom is 0.410 e. The number of fused-ring (bicyclic) bond motifs is 3. The van der Waals surface area contributed by atoms with Crippen LogP contribution in [0.4, 0.5) is 14.4 Å². The highest BCUT2D eigenvalue weighted by Crippen LogP contribution is 2.45. The third kappa shape index (κ3) is 27.5. The lowest BCUT2D eigenvalue weighted by Gasteiger charge is -2.39. The number of rotatable bonds is 16. The molecule has 105 heavy (non-hydrogen) atoms. The molecule has 594 valence electrons. The molecule has 2 aromatic rings. The Morgan fingerprint density at radius 1 is 0.457 bits per heavy atom. The standard InChI is InChI=1S/C26H30N2O6.C11H19NO4.C7H15N2O2P.C7H14NO2P.C6H13N2O2P.C6H12NO4PS.C4H10NO2P/c1-25(2,3)34-24(32)28-14-12-26(13-15-28,22(29)30)27-23(31)33-16-21-19-10-6-4-8-17(19)18-9-5-7-11-20(18)21;1-10(2,3)16-9(15)12-11(8(13)14)6-4-5-7-11;1-9-4-2-7(8-12,3-5-9)6(10)11;9-6(10)7(8-11)4-2-1-3-5-7;1-8-3-2-6(4-8,7-11)5(9)10;8-5(9)6(7-12)1-3-13(10,11)4-2-6;1-4(2,5-8)3(6)7/h4-11,21H,12-16H2,1-3H3,(H,27,31)(H,29,30);4-7H2,1-3H3,(H,12,15)(H,13,14);8H,2-5,12H2,1H3,(H,10,11);8H,1-5,11H2,(H,9,10);7H,2-4,11H2,1H3,(H,9,10);7H,1-4,12H2,(H,8,9);5H,8H2,1-2H3,(H,6,7). The molecule has 4 heterocycles. The smallest absolute Gasteiger partial charge is 0.410 e. The van der Waals surface area contributed by atoms with Crippen LogP contribution in [0.3, 0.4) is 0 Å². The number of amides is 3. The zero-order valence-electron chi connectivity index (χ0n) is 61.8. The second kappa shape index (κ2) is 40.7. The molecule has 0 bridgehead atoms. The van der Waals surface area contributed by atoms with E-state index in [1.54, 1.807) is 55.4 Å². The van der Waals surface area contributed by atoms with Gasteiger partial charge in [-0.3, -0.25) is 49.4 Å². The molecule has 4 saturated heterocycles. The first-order chi connectivity index (χ1) is 48.7. The van der Waals surface area contributed by atoms with E-state index in [9.17, 15) is 61.5 Å². The molecule has 2 aromatic carbocycles. The molecule has 0 aromatic heterocycles. The fourth-order valence-corrected chi connectivity index (χ4v) is 15.5. The zero-order chi connectivity index (χ0) is 79.8. The van der Waals surface area contributed by atoms with Crippen LogP contribution in [0.5, 0.6) is 0 Å². The summed E-state index contributed by atoms with van der Waals surface area (Å²) >= 11 is 0. The second-order valence-electron chi connectivity index (χ2n) is 29.7. The van der Waals surface area contributed by atoms with Crippen LogP contribution in [-0.4, -0.2) is 240 Å². The molecular weight excluding hydrogens is 1480 g/mol. The van der Waals surface area contributed by atoms with E-state index in [-0.39, 0.29) is 62.8 Å². The van der Waals surface area contributed by atoms with Crippen LogP contribution in [-0.2, 0) is 57.6 Å². The highest BCUT2D eigenvalue weighted by atomic mass is 32.2. The Morgan fingerprint density at radius 2 is 0.800 bits per heavy atom. The van der Waals surface area contributed by atoms with Gasteiger partial charge in [-0.25, -0.2) is 32.4 Å². The van der Waals surface area contributed by atoms with E-state index < -0.39 is 120 Å². The number of aliphatic carboxylic acids is 7. The minimum Gasteiger partial charge on any atom is -0.480 e. The number of ether oxygens (including phenoxy) is 3. The highest BCUT2D eigenvalue weighted by molar-refractivity contribution is 7.91. The molecule has 2 saturated carbocycles. The van der Waals surface area contributed by atoms with Gasteiger partial charge < -0.3 is 75.3 Å². The quantitative estimate of drug-likeness (QED) is 0.0629. The summed E-state index contributed by atoms with van der Waals surface area (Å²) in [6.45, 7) is 17.2. The average Bonchev–Trinajstić information content (AvgIpc) is 1.58. The molecule has 0 radical (unpaired) electrons. The van der Waals surface area contributed by atoms with Crippen LogP contribution in [0.2, 0.25) is 0 Å². The molecule has 4 aliphatic heterocycles. The number of hydrogen-bond donors (Lipinski definition) is 14. The van der Waals surface area contributed by atoms with E-state index in [1.807, 2.05) is 67.5 Å². The molecule has 38 heteroatoms. The van der Waals surface area contributed by atoms with Crippen LogP contribution >= 0.6 is 47.0 Å². The number of carbonyl (C=O) groups excluding carboxylic acids is 3. The van der Waals surface area contributed by atoms with Gasteiger partial charge in [0.25, 0.3) is 0 Å². The minimum atomic E-state index is -3.01. The molecule has 3 aliphatic carbocycles. The fourth-order valence-electron chi connectivity index (χ4n) is 12.2. The number of benzene rings is 2. The molecule has 6 fully saturated rings. The Hall–Kier alpha value is -5.64. The van der Waals surface area contributed by atoms with Gasteiger partial charge in [0.1, 0.15) is 66.4 Å². The summed E-state index contributed by atoms with van der Waals surface area (Å²) in [4.78, 5) is 119. The predicted octanol–water partition coefficient (Wildman–Crippen LogP) is 6.51. The molecule has 32 nitrogen and oxygen atoms in total. The SMILES string of the molecule is CC(C)(C)OC(=O)N1CCC(NC(=O)OCC2c3ccccc3-c3ccccc32)(C(=O)O)CC1.CC(C)(C)OC(=O)NC1(C(=O)O)CCCC1.CC(C)(NP)C(=O)O.CN1CCC(NP)(C(=O)O)C1.CN1CCC(NP)(C(=O)O)CC1.O=C(O)C1(NP)CCCCC1.O=C(O)C1(NP)CCS(=O)(=O)CC1. The second-order valence-corrected chi connectivity index (χ2v) is 33.5. The monoisotopic (exact) mass is 1600 g/mol. The van der Waals surface area contributed by atoms with Gasteiger partial charge in [0.05, 0.1) is 11.5 Å². The Balaban J connectivity index is 0.000000342. The molecule has 3 amide bonds. The van der Waals surface area contributed by atoms with Gasteiger partial charge >= 0.3 is 60.1 Å². The van der Waals surface area contributed by atoms with Crippen molar-refractivity contribution < 1.29 is 106 Å². The summed E-state index contributed by atoms with van der Waals surface area (Å²) in [5, 5.41) is 81.7. The van der Waals surface area contributed by atoms with Crippen LogP contribution in [0, 0.1) is 0 Å². The Morgan fingerprint density at radius 3 is 1.14 bits per heavy atom. The summed E-state index contributed by atoms with van der Waals surface area (Å²) in [5.41, 5.74) is -3.48. The molecule has 14 N–H and O–H groups in total. The van der Waals surface area contributed by atoms with Crippen LogP contribution in [0.25, 0.3) is 11.1 Å². The summed E-state index contributed by atoms with van der Waals surface area (Å²) in [7, 11) is 12.1. The van der Waals surface area contributed by atoms with Crippen LogP contribution < -0.4 is 36.1 Å². The molecule has 9 rings (SSSR count). The maximum absolute atomic E-state index is 12.7. The molecule has 0 spiro atoms. The molecule has 6 unspecified atom stereocenters. The van der Waals surface area contributed by atoms with E-state index in [1.165, 1.54) is 11.3 Å². The summed E-state index contributed by atoms with van der Waals surface area (Å²) < 4.78 is 38.1.